The molecule has 0 saturated heterocycles. The lowest BCUT2D eigenvalue weighted by Crippen LogP contribution is -2.52. The van der Waals surface area contributed by atoms with Crippen molar-refractivity contribution < 1.29 is 9.22 Å². The van der Waals surface area contributed by atoms with Crippen LogP contribution in [0.2, 0.25) is 18.1 Å². The van der Waals surface area contributed by atoms with Crippen LogP contribution in [0.4, 0.5) is 0 Å². The van der Waals surface area contributed by atoms with Crippen LogP contribution >= 0.6 is 15.9 Å². The SMILES string of the molecule is CC(C)(C)[Si](C)(C)OC1C(=O)C[C@@H]1c1ccc(Br)cn1. The zero-order chi connectivity index (χ0) is 15.1. The van der Waals surface area contributed by atoms with E-state index < -0.39 is 8.32 Å². The zero-order valence-electron chi connectivity index (χ0n) is 12.7. The maximum atomic E-state index is 11.9. The molecule has 0 bridgehead atoms. The average molecular weight is 356 g/mol. The van der Waals surface area contributed by atoms with Gasteiger partial charge in [0.05, 0.1) is 0 Å². The summed E-state index contributed by atoms with van der Waals surface area (Å²) in [6, 6.07) is 3.94. The largest absolute Gasteiger partial charge is 0.406 e. The van der Waals surface area contributed by atoms with E-state index in [0.29, 0.717) is 6.42 Å². The second kappa shape index (κ2) is 5.35. The standard InChI is InChI=1S/C15H22BrNO2Si/c1-15(2,3)20(4,5)19-14-11(8-13(14)18)12-7-6-10(16)9-17-12/h6-7,9,11,14H,8H2,1-5H3/t11-,14?/m1/s1. The van der Waals surface area contributed by atoms with Crippen LogP contribution in [0.5, 0.6) is 0 Å². The van der Waals surface area contributed by atoms with Crippen molar-refractivity contribution in [1.82, 2.24) is 4.98 Å². The number of ketones is 1. The second-order valence-corrected chi connectivity index (χ2v) is 12.6. The lowest BCUT2D eigenvalue weighted by Gasteiger charge is -2.44. The van der Waals surface area contributed by atoms with Gasteiger partial charge in [0, 0.05) is 28.7 Å². The van der Waals surface area contributed by atoms with E-state index in [9.17, 15) is 4.79 Å². The fourth-order valence-electron chi connectivity index (χ4n) is 2.01. The summed E-state index contributed by atoms with van der Waals surface area (Å²) in [4.78, 5) is 16.4. The van der Waals surface area contributed by atoms with Crippen LogP contribution in [-0.2, 0) is 9.22 Å². The van der Waals surface area contributed by atoms with Gasteiger partial charge in [0.2, 0.25) is 0 Å². The van der Waals surface area contributed by atoms with E-state index in [4.69, 9.17) is 4.43 Å². The van der Waals surface area contributed by atoms with Crippen molar-refractivity contribution in [1.29, 1.82) is 0 Å². The number of carbonyl (C=O) groups is 1. The molecular weight excluding hydrogens is 334 g/mol. The number of nitrogens with zero attached hydrogens (tertiary/aromatic N) is 1. The van der Waals surface area contributed by atoms with Gasteiger partial charge in [-0.25, -0.2) is 0 Å². The molecule has 1 fully saturated rings. The number of hydrogen-bond acceptors (Lipinski definition) is 3. The van der Waals surface area contributed by atoms with E-state index in [-0.39, 0.29) is 22.8 Å². The van der Waals surface area contributed by atoms with Gasteiger partial charge in [-0.3, -0.25) is 9.78 Å². The Kier molecular flexibility index (Phi) is 4.24. The topological polar surface area (TPSA) is 39.2 Å². The summed E-state index contributed by atoms with van der Waals surface area (Å²) in [5.74, 6) is 0.328. The van der Waals surface area contributed by atoms with E-state index in [1.807, 2.05) is 12.1 Å². The molecule has 0 spiro atoms. The van der Waals surface area contributed by atoms with Gasteiger partial charge in [0.1, 0.15) is 6.10 Å². The summed E-state index contributed by atoms with van der Waals surface area (Å²) in [5.41, 5.74) is 0.955. The third kappa shape index (κ3) is 3.04. The van der Waals surface area contributed by atoms with Crippen molar-refractivity contribution in [3.8, 4) is 0 Å². The van der Waals surface area contributed by atoms with Crippen molar-refractivity contribution in [2.45, 2.75) is 57.3 Å². The summed E-state index contributed by atoms with van der Waals surface area (Å²) in [6.45, 7) is 10.9. The van der Waals surface area contributed by atoms with E-state index >= 15 is 0 Å². The summed E-state index contributed by atoms with van der Waals surface area (Å²) in [6.07, 6.45) is 2.03. The van der Waals surface area contributed by atoms with Gasteiger partial charge in [-0.15, -0.1) is 0 Å². The smallest absolute Gasteiger partial charge is 0.193 e. The normalized spacial score (nSPS) is 23.6. The molecule has 2 atom stereocenters. The summed E-state index contributed by atoms with van der Waals surface area (Å²) < 4.78 is 7.24. The molecule has 1 unspecified atom stereocenters. The molecule has 5 heteroatoms. The number of Topliss-reactive ketones (excluding diaryl/α,β-unsaturated/α-hetero) is 1. The molecule has 1 aliphatic carbocycles. The van der Waals surface area contributed by atoms with Crippen molar-refractivity contribution in [3.63, 3.8) is 0 Å². The first-order valence-corrected chi connectivity index (χ1v) is 10.6. The third-order valence-electron chi connectivity index (χ3n) is 4.46. The molecule has 20 heavy (non-hydrogen) atoms. The molecule has 1 aromatic rings. The Morgan fingerprint density at radius 1 is 1.35 bits per heavy atom. The Hall–Kier alpha value is -0.523. The minimum Gasteiger partial charge on any atom is -0.406 e. The summed E-state index contributed by atoms with van der Waals surface area (Å²) in [5, 5.41) is 0.112. The Labute approximate surface area is 130 Å². The summed E-state index contributed by atoms with van der Waals surface area (Å²) >= 11 is 3.38. The van der Waals surface area contributed by atoms with Crippen LogP contribution in [0, 0.1) is 0 Å². The van der Waals surface area contributed by atoms with E-state index in [1.54, 1.807) is 6.20 Å². The van der Waals surface area contributed by atoms with Gasteiger partial charge in [0.25, 0.3) is 0 Å². The Bertz CT molecular complexity index is 508. The van der Waals surface area contributed by atoms with Crippen LogP contribution in [-0.4, -0.2) is 25.2 Å². The maximum absolute atomic E-state index is 11.9. The fourth-order valence-corrected chi connectivity index (χ4v) is 3.53. The number of hydrogen-bond donors (Lipinski definition) is 0. The molecule has 1 aliphatic rings. The molecule has 0 aliphatic heterocycles. The first kappa shape index (κ1) is 15.9. The third-order valence-corrected chi connectivity index (χ3v) is 9.39. The Morgan fingerprint density at radius 2 is 2.00 bits per heavy atom. The van der Waals surface area contributed by atoms with Crippen LogP contribution in [0.25, 0.3) is 0 Å². The van der Waals surface area contributed by atoms with Gasteiger partial charge in [-0.1, -0.05) is 20.8 Å². The number of pyridine rings is 1. The van der Waals surface area contributed by atoms with Gasteiger partial charge in [-0.05, 0) is 46.2 Å². The molecular formula is C15H22BrNO2Si. The molecule has 1 heterocycles. The quantitative estimate of drug-likeness (QED) is 0.759. The van der Waals surface area contributed by atoms with Crippen molar-refractivity contribution in [2.75, 3.05) is 0 Å². The van der Waals surface area contributed by atoms with E-state index in [2.05, 4.69) is 54.8 Å². The molecule has 0 amide bonds. The molecule has 0 N–H and O–H groups in total. The minimum absolute atomic E-state index is 0.112. The average Bonchev–Trinajstić information content (AvgIpc) is 2.33. The molecule has 0 radical (unpaired) electrons. The molecule has 2 rings (SSSR count). The predicted molar refractivity (Wildman–Crippen MR) is 86.4 cm³/mol. The lowest BCUT2D eigenvalue weighted by atomic mass is 9.78. The Morgan fingerprint density at radius 3 is 2.45 bits per heavy atom. The van der Waals surface area contributed by atoms with Crippen LogP contribution in [0.15, 0.2) is 22.8 Å². The van der Waals surface area contributed by atoms with Gasteiger partial charge < -0.3 is 4.43 Å². The minimum atomic E-state index is -1.92. The number of halogens is 1. The fraction of sp³-hybridized carbons (Fsp3) is 0.600. The number of rotatable bonds is 3. The van der Waals surface area contributed by atoms with Gasteiger partial charge in [0.15, 0.2) is 14.1 Å². The van der Waals surface area contributed by atoms with Crippen LogP contribution < -0.4 is 0 Å². The highest BCUT2D eigenvalue weighted by Gasteiger charge is 2.48. The van der Waals surface area contributed by atoms with E-state index in [0.717, 1.165) is 10.2 Å². The highest BCUT2D eigenvalue weighted by Crippen LogP contribution is 2.43. The number of aromatic nitrogens is 1. The molecule has 1 saturated carbocycles. The second-order valence-electron chi connectivity index (χ2n) is 6.98. The predicted octanol–water partition coefficient (Wildman–Crippen LogP) is 4.29. The van der Waals surface area contributed by atoms with Gasteiger partial charge in [-0.2, -0.15) is 0 Å². The lowest BCUT2D eigenvalue weighted by molar-refractivity contribution is -0.136. The van der Waals surface area contributed by atoms with Crippen molar-refractivity contribution in [3.05, 3.63) is 28.5 Å². The zero-order valence-corrected chi connectivity index (χ0v) is 15.3. The van der Waals surface area contributed by atoms with Crippen LogP contribution in [0.1, 0.15) is 38.8 Å². The number of carbonyl (C=O) groups excluding carboxylic acids is 1. The highest BCUT2D eigenvalue weighted by atomic mass is 79.9. The molecule has 3 nitrogen and oxygen atoms in total. The monoisotopic (exact) mass is 355 g/mol. The molecule has 1 aromatic heterocycles. The molecule has 110 valence electrons. The van der Waals surface area contributed by atoms with Crippen molar-refractivity contribution >= 4 is 30.0 Å². The molecule has 0 aromatic carbocycles. The highest BCUT2D eigenvalue weighted by molar-refractivity contribution is 9.10. The van der Waals surface area contributed by atoms with Gasteiger partial charge >= 0.3 is 0 Å². The van der Waals surface area contributed by atoms with Crippen molar-refractivity contribution in [2.24, 2.45) is 0 Å². The Balaban J connectivity index is 2.15. The maximum Gasteiger partial charge on any atom is 0.193 e. The van der Waals surface area contributed by atoms with E-state index in [1.165, 1.54) is 0 Å². The first-order valence-electron chi connectivity index (χ1n) is 6.94. The van der Waals surface area contributed by atoms with Crippen LogP contribution in [0.3, 0.4) is 0 Å². The summed E-state index contributed by atoms with van der Waals surface area (Å²) in [7, 11) is -1.92. The first-order chi connectivity index (χ1) is 9.12.